The Labute approximate surface area is 84.9 Å². The molecule has 0 fully saturated rings. The van der Waals surface area contributed by atoms with Crippen LogP contribution in [0.1, 0.15) is 19.8 Å². The van der Waals surface area contributed by atoms with Crippen LogP contribution in [0.4, 0.5) is 0 Å². The van der Waals surface area contributed by atoms with Gasteiger partial charge in [-0.05, 0) is 13.0 Å². The molecule has 0 aromatic rings. The fourth-order valence-corrected chi connectivity index (χ4v) is 5.30. The molecule has 0 aromatic heterocycles. The van der Waals surface area contributed by atoms with Crippen LogP contribution in [-0.4, -0.2) is 26.1 Å². The van der Waals surface area contributed by atoms with Gasteiger partial charge in [-0.2, -0.15) is 0 Å². The van der Waals surface area contributed by atoms with E-state index in [1.54, 1.807) is 25.4 Å². The molecule has 72 valence electrons. The third-order valence-electron chi connectivity index (χ3n) is 1.49. The average molecular weight is 224 g/mol. The van der Waals surface area contributed by atoms with Crippen LogP contribution in [0.3, 0.4) is 0 Å². The van der Waals surface area contributed by atoms with Crippen molar-refractivity contribution in [3.8, 4) is 0 Å². The van der Waals surface area contributed by atoms with Crippen LogP contribution in [-0.2, 0) is 8.85 Å². The molecule has 0 saturated heterocycles. The third kappa shape index (κ3) is 4.57. The SMILES string of the molecule is CCCC(=S)S[Si](C)(OC)OC. The molecule has 5 heteroatoms. The van der Waals surface area contributed by atoms with E-state index in [2.05, 4.69) is 6.92 Å². The Kier molecular flexibility index (Phi) is 6.39. The summed E-state index contributed by atoms with van der Waals surface area (Å²) in [7, 11) is 1.33. The van der Waals surface area contributed by atoms with Crippen LogP contribution in [0.15, 0.2) is 0 Å². The van der Waals surface area contributed by atoms with Crippen molar-refractivity contribution in [2.45, 2.75) is 26.3 Å². The lowest BCUT2D eigenvalue weighted by Gasteiger charge is -2.21. The molecule has 0 atom stereocenters. The molecule has 0 N–H and O–H groups in total. The molecule has 0 radical (unpaired) electrons. The molecule has 0 saturated carbocycles. The van der Waals surface area contributed by atoms with Gasteiger partial charge in [0.1, 0.15) is 0 Å². The zero-order chi connectivity index (χ0) is 9.61. The molecule has 0 rings (SSSR count). The summed E-state index contributed by atoms with van der Waals surface area (Å²) < 4.78 is 11.6. The smallest absolute Gasteiger partial charge is 0.390 e. The van der Waals surface area contributed by atoms with Crippen molar-refractivity contribution < 1.29 is 8.85 Å². The first-order valence-corrected chi connectivity index (χ1v) is 8.16. The Hall–Kier alpha value is 0.577. The summed E-state index contributed by atoms with van der Waals surface area (Å²) >= 11 is 6.77. The standard InChI is InChI=1S/C7H16O2S2Si/c1-5-6-7(10)11-12(4,8-2)9-3/h5-6H2,1-4H3. The number of hydrogen-bond acceptors (Lipinski definition) is 4. The predicted molar refractivity (Wildman–Crippen MR) is 60.7 cm³/mol. The van der Waals surface area contributed by atoms with Crippen molar-refractivity contribution in [2.24, 2.45) is 0 Å². The lowest BCUT2D eigenvalue weighted by Crippen LogP contribution is -2.33. The quantitative estimate of drug-likeness (QED) is 0.528. The van der Waals surface area contributed by atoms with Gasteiger partial charge >= 0.3 is 7.71 Å². The molecule has 0 heterocycles. The molecule has 0 amide bonds. The van der Waals surface area contributed by atoms with Gasteiger partial charge in [-0.15, -0.1) is 0 Å². The molecule has 0 aliphatic rings. The lowest BCUT2D eigenvalue weighted by atomic mass is 10.4. The summed E-state index contributed by atoms with van der Waals surface area (Å²) in [6.07, 6.45) is 2.05. The maximum absolute atomic E-state index is 5.30. The van der Waals surface area contributed by atoms with E-state index in [1.165, 1.54) is 0 Å². The second-order valence-corrected chi connectivity index (χ2v) is 9.32. The van der Waals surface area contributed by atoms with E-state index in [0.29, 0.717) is 0 Å². The molecule has 2 nitrogen and oxygen atoms in total. The van der Waals surface area contributed by atoms with Crippen molar-refractivity contribution in [1.29, 1.82) is 0 Å². The van der Waals surface area contributed by atoms with E-state index in [1.807, 2.05) is 6.55 Å². The summed E-state index contributed by atoms with van der Waals surface area (Å²) in [6.45, 7) is 4.12. The van der Waals surface area contributed by atoms with E-state index in [-0.39, 0.29) is 0 Å². The lowest BCUT2D eigenvalue weighted by molar-refractivity contribution is 0.276. The van der Waals surface area contributed by atoms with E-state index in [0.717, 1.165) is 17.0 Å². The largest absolute Gasteiger partial charge is 0.407 e. The minimum absolute atomic E-state index is 0.968. The van der Waals surface area contributed by atoms with E-state index in [4.69, 9.17) is 21.1 Å². The van der Waals surface area contributed by atoms with Crippen LogP contribution >= 0.6 is 23.4 Å². The molecule has 0 aliphatic carbocycles. The van der Waals surface area contributed by atoms with Gasteiger partial charge in [0.25, 0.3) is 0 Å². The minimum Gasteiger partial charge on any atom is -0.390 e. The molecule has 0 bridgehead atoms. The second kappa shape index (κ2) is 6.10. The van der Waals surface area contributed by atoms with Crippen molar-refractivity contribution in [1.82, 2.24) is 0 Å². The normalized spacial score (nSPS) is 11.7. The molecule has 12 heavy (non-hydrogen) atoms. The first-order valence-electron chi connectivity index (χ1n) is 3.90. The summed E-state index contributed by atoms with van der Waals surface area (Å²) in [5, 5.41) is 0. The van der Waals surface area contributed by atoms with Crippen molar-refractivity contribution in [3.63, 3.8) is 0 Å². The number of rotatable bonds is 5. The van der Waals surface area contributed by atoms with Gasteiger partial charge < -0.3 is 8.85 Å². The van der Waals surface area contributed by atoms with Crippen LogP contribution in [0, 0.1) is 0 Å². The Morgan fingerprint density at radius 1 is 1.42 bits per heavy atom. The van der Waals surface area contributed by atoms with Gasteiger partial charge in [0.2, 0.25) is 0 Å². The number of hydrogen-bond donors (Lipinski definition) is 0. The zero-order valence-corrected chi connectivity index (χ0v) is 10.7. The first kappa shape index (κ1) is 12.6. The average Bonchev–Trinajstić information content (AvgIpc) is 2.05. The Morgan fingerprint density at radius 2 is 1.92 bits per heavy atom. The van der Waals surface area contributed by atoms with Crippen molar-refractivity contribution in [3.05, 3.63) is 0 Å². The van der Waals surface area contributed by atoms with Crippen LogP contribution in [0.2, 0.25) is 6.55 Å². The first-order chi connectivity index (χ1) is 5.58. The van der Waals surface area contributed by atoms with Crippen LogP contribution < -0.4 is 0 Å². The molecular formula is C7H16O2S2Si. The topological polar surface area (TPSA) is 18.5 Å². The molecule has 0 aliphatic heterocycles. The van der Waals surface area contributed by atoms with Gasteiger partial charge in [0.05, 0.1) is 0 Å². The van der Waals surface area contributed by atoms with Gasteiger partial charge in [0.15, 0.2) is 0 Å². The highest BCUT2D eigenvalue weighted by Crippen LogP contribution is 2.24. The number of thiocarbonyl (C=S) groups is 1. The van der Waals surface area contributed by atoms with Gasteiger partial charge in [-0.3, -0.25) is 0 Å². The Balaban J connectivity index is 3.93. The van der Waals surface area contributed by atoms with Crippen LogP contribution in [0.25, 0.3) is 0 Å². The molecule has 0 aromatic carbocycles. The van der Waals surface area contributed by atoms with Crippen molar-refractivity contribution >= 4 is 35.3 Å². The zero-order valence-electron chi connectivity index (χ0n) is 8.05. The minimum atomic E-state index is -2.02. The highest BCUT2D eigenvalue weighted by atomic mass is 32.4. The Bertz CT molecular complexity index is 148. The summed E-state index contributed by atoms with van der Waals surface area (Å²) in [4.78, 5) is 0. The van der Waals surface area contributed by atoms with Crippen LogP contribution in [0.5, 0.6) is 0 Å². The predicted octanol–water partition coefficient (Wildman–Crippen LogP) is 2.71. The van der Waals surface area contributed by atoms with Gasteiger partial charge in [0, 0.05) is 18.4 Å². The molecule has 0 unspecified atom stereocenters. The van der Waals surface area contributed by atoms with E-state index in [9.17, 15) is 0 Å². The maximum Gasteiger partial charge on any atom is 0.407 e. The van der Waals surface area contributed by atoms with E-state index >= 15 is 0 Å². The monoisotopic (exact) mass is 224 g/mol. The highest BCUT2D eigenvalue weighted by Gasteiger charge is 2.31. The fraction of sp³-hybridized carbons (Fsp3) is 0.857. The van der Waals surface area contributed by atoms with E-state index < -0.39 is 7.71 Å². The third-order valence-corrected chi connectivity index (χ3v) is 7.53. The van der Waals surface area contributed by atoms with Gasteiger partial charge in [-0.25, -0.2) is 0 Å². The molecule has 0 spiro atoms. The van der Waals surface area contributed by atoms with Crippen molar-refractivity contribution in [2.75, 3.05) is 14.2 Å². The molecular weight excluding hydrogens is 208 g/mol. The highest BCUT2D eigenvalue weighted by molar-refractivity contribution is 8.42. The fourth-order valence-electron chi connectivity index (χ4n) is 0.629. The Morgan fingerprint density at radius 3 is 2.25 bits per heavy atom. The van der Waals surface area contributed by atoms with Gasteiger partial charge in [-0.1, -0.05) is 36.8 Å². The summed E-state index contributed by atoms with van der Waals surface area (Å²) in [5.41, 5.74) is 0. The summed E-state index contributed by atoms with van der Waals surface area (Å²) in [6, 6.07) is 0. The summed E-state index contributed by atoms with van der Waals surface area (Å²) in [5.74, 6) is 0. The second-order valence-electron chi connectivity index (χ2n) is 2.49. The maximum atomic E-state index is 5.30.